The Bertz CT molecular complexity index is 1070. The van der Waals surface area contributed by atoms with Crippen molar-refractivity contribution in [1.82, 2.24) is 4.57 Å². The summed E-state index contributed by atoms with van der Waals surface area (Å²) in [5.74, 6) is 0. The lowest BCUT2D eigenvalue weighted by molar-refractivity contribution is 0.690. The summed E-state index contributed by atoms with van der Waals surface area (Å²) in [4.78, 5) is 0. The van der Waals surface area contributed by atoms with E-state index in [0.29, 0.717) is 0 Å². The van der Waals surface area contributed by atoms with E-state index in [9.17, 15) is 0 Å². The maximum absolute atomic E-state index is 2.44. The molecule has 0 bridgehead atoms. The van der Waals surface area contributed by atoms with Gasteiger partial charge in [-0.25, -0.2) is 0 Å². The van der Waals surface area contributed by atoms with E-state index in [0.717, 1.165) is 13.0 Å². The van der Waals surface area contributed by atoms with E-state index in [1.54, 1.807) is 0 Å². The van der Waals surface area contributed by atoms with Crippen LogP contribution in [0, 0.1) is 6.92 Å². The van der Waals surface area contributed by atoms with Gasteiger partial charge < -0.3 is 4.57 Å². The van der Waals surface area contributed by atoms with Crippen LogP contribution < -0.4 is 0 Å². The molecular formula is C25H21N. The second kappa shape index (κ2) is 6.03. The highest BCUT2D eigenvalue weighted by molar-refractivity contribution is 5.95. The Morgan fingerprint density at radius 3 is 2.23 bits per heavy atom. The molecule has 0 aliphatic carbocycles. The second-order valence-corrected chi connectivity index (χ2v) is 7.10. The summed E-state index contributed by atoms with van der Waals surface area (Å²) >= 11 is 0. The van der Waals surface area contributed by atoms with Crippen LogP contribution >= 0.6 is 0 Å². The van der Waals surface area contributed by atoms with Crippen molar-refractivity contribution in [2.45, 2.75) is 19.9 Å². The molecule has 1 aliphatic rings. The number of benzene rings is 3. The average Bonchev–Trinajstić information content (AvgIpc) is 3.09. The smallest absolute Gasteiger partial charge is 0.0569 e. The number of aromatic nitrogens is 1. The highest BCUT2D eigenvalue weighted by atomic mass is 15.0. The van der Waals surface area contributed by atoms with Crippen LogP contribution in [-0.4, -0.2) is 4.57 Å². The largest absolute Gasteiger partial charge is 0.346 e. The summed E-state index contributed by atoms with van der Waals surface area (Å²) < 4.78 is 2.44. The van der Waals surface area contributed by atoms with Crippen molar-refractivity contribution in [2.75, 3.05) is 0 Å². The molecule has 4 aromatic rings. The minimum atomic E-state index is 1.04. The van der Waals surface area contributed by atoms with E-state index in [4.69, 9.17) is 0 Å². The van der Waals surface area contributed by atoms with Crippen molar-refractivity contribution in [3.63, 3.8) is 0 Å². The molecule has 26 heavy (non-hydrogen) atoms. The third-order valence-electron chi connectivity index (χ3n) is 5.40. The quantitative estimate of drug-likeness (QED) is 0.402. The molecule has 0 amide bonds. The SMILES string of the molecule is Cc1ccc(-c2cn3c(c2-c2ccccc2)-c2ccccc2CC3)cc1. The summed E-state index contributed by atoms with van der Waals surface area (Å²) in [6, 6.07) is 28.6. The zero-order chi connectivity index (χ0) is 17.5. The van der Waals surface area contributed by atoms with E-state index >= 15 is 0 Å². The molecule has 3 aromatic carbocycles. The van der Waals surface area contributed by atoms with E-state index in [1.807, 2.05) is 0 Å². The lowest BCUT2D eigenvalue weighted by Crippen LogP contribution is -2.09. The number of rotatable bonds is 2. The van der Waals surface area contributed by atoms with Gasteiger partial charge in [-0.2, -0.15) is 0 Å². The molecule has 0 saturated heterocycles. The first-order chi connectivity index (χ1) is 12.8. The van der Waals surface area contributed by atoms with Crippen LogP contribution in [0.4, 0.5) is 0 Å². The Kier molecular flexibility index (Phi) is 3.53. The van der Waals surface area contributed by atoms with Gasteiger partial charge in [0.05, 0.1) is 5.69 Å². The Morgan fingerprint density at radius 1 is 0.692 bits per heavy atom. The number of aryl methyl sites for hydroxylation is 3. The molecule has 0 fully saturated rings. The number of fused-ring (bicyclic) bond motifs is 3. The van der Waals surface area contributed by atoms with Gasteiger partial charge in [0.25, 0.3) is 0 Å². The molecule has 0 N–H and O–H groups in total. The predicted molar refractivity (Wildman–Crippen MR) is 109 cm³/mol. The summed E-state index contributed by atoms with van der Waals surface area (Å²) in [7, 11) is 0. The van der Waals surface area contributed by atoms with E-state index in [2.05, 4.69) is 96.6 Å². The van der Waals surface area contributed by atoms with Crippen molar-refractivity contribution >= 4 is 0 Å². The van der Waals surface area contributed by atoms with Gasteiger partial charge in [0.2, 0.25) is 0 Å². The van der Waals surface area contributed by atoms with Gasteiger partial charge in [-0.1, -0.05) is 84.4 Å². The maximum Gasteiger partial charge on any atom is 0.0569 e. The zero-order valence-electron chi connectivity index (χ0n) is 14.9. The highest BCUT2D eigenvalue weighted by Gasteiger charge is 2.24. The summed E-state index contributed by atoms with van der Waals surface area (Å²) in [6.07, 6.45) is 3.44. The summed E-state index contributed by atoms with van der Waals surface area (Å²) in [6.45, 7) is 3.18. The zero-order valence-corrected chi connectivity index (χ0v) is 14.9. The Morgan fingerprint density at radius 2 is 1.42 bits per heavy atom. The van der Waals surface area contributed by atoms with Crippen LogP contribution in [0.15, 0.2) is 85.1 Å². The fourth-order valence-corrected chi connectivity index (χ4v) is 4.08. The molecule has 0 radical (unpaired) electrons. The fourth-order valence-electron chi connectivity index (χ4n) is 4.08. The molecule has 1 aromatic heterocycles. The monoisotopic (exact) mass is 335 g/mol. The molecule has 126 valence electrons. The standard InChI is InChI=1S/C25H21N/c1-18-11-13-20(14-12-18)23-17-26-16-15-19-7-5-6-10-22(19)25(26)24(23)21-8-3-2-4-9-21/h2-14,17H,15-16H2,1H3. The minimum absolute atomic E-state index is 1.04. The Labute approximate surface area is 154 Å². The molecule has 1 aliphatic heterocycles. The average molecular weight is 335 g/mol. The van der Waals surface area contributed by atoms with E-state index in [-0.39, 0.29) is 0 Å². The van der Waals surface area contributed by atoms with Crippen molar-refractivity contribution in [1.29, 1.82) is 0 Å². The van der Waals surface area contributed by atoms with Gasteiger partial charge in [-0.15, -0.1) is 0 Å². The normalized spacial score (nSPS) is 12.5. The van der Waals surface area contributed by atoms with Gasteiger partial charge in [-0.05, 0) is 30.0 Å². The lowest BCUT2D eigenvalue weighted by Gasteiger charge is -2.21. The first-order valence-corrected chi connectivity index (χ1v) is 9.25. The van der Waals surface area contributed by atoms with Crippen LogP contribution in [-0.2, 0) is 13.0 Å². The van der Waals surface area contributed by atoms with Crippen LogP contribution in [0.2, 0.25) is 0 Å². The molecule has 5 rings (SSSR count). The van der Waals surface area contributed by atoms with Crippen LogP contribution in [0.3, 0.4) is 0 Å². The molecule has 0 spiro atoms. The molecule has 1 heteroatoms. The minimum Gasteiger partial charge on any atom is -0.346 e. The summed E-state index contributed by atoms with van der Waals surface area (Å²) in [5.41, 5.74) is 10.7. The molecule has 0 unspecified atom stereocenters. The van der Waals surface area contributed by atoms with Gasteiger partial charge in [-0.3, -0.25) is 0 Å². The van der Waals surface area contributed by atoms with Gasteiger partial charge in [0, 0.05) is 29.4 Å². The third-order valence-corrected chi connectivity index (χ3v) is 5.40. The number of nitrogens with zero attached hydrogens (tertiary/aromatic N) is 1. The first kappa shape index (κ1) is 15.2. The first-order valence-electron chi connectivity index (χ1n) is 9.25. The summed E-state index contributed by atoms with van der Waals surface area (Å²) in [5, 5.41) is 0. The number of hydrogen-bond acceptors (Lipinski definition) is 0. The second-order valence-electron chi connectivity index (χ2n) is 7.10. The van der Waals surface area contributed by atoms with Crippen LogP contribution in [0.1, 0.15) is 11.1 Å². The van der Waals surface area contributed by atoms with Crippen molar-refractivity contribution in [3.05, 3.63) is 96.2 Å². The maximum atomic E-state index is 2.44. The van der Waals surface area contributed by atoms with E-state index in [1.165, 1.54) is 44.6 Å². The lowest BCUT2D eigenvalue weighted by atomic mass is 9.91. The molecule has 1 nitrogen and oxygen atoms in total. The fraction of sp³-hybridized carbons (Fsp3) is 0.120. The van der Waals surface area contributed by atoms with Gasteiger partial charge in [0.1, 0.15) is 0 Å². The van der Waals surface area contributed by atoms with Crippen molar-refractivity contribution in [3.8, 4) is 33.5 Å². The van der Waals surface area contributed by atoms with Gasteiger partial charge >= 0.3 is 0 Å². The third kappa shape index (κ3) is 2.40. The Hall–Kier alpha value is -3.06. The van der Waals surface area contributed by atoms with Crippen LogP contribution in [0.5, 0.6) is 0 Å². The highest BCUT2D eigenvalue weighted by Crippen LogP contribution is 2.44. The van der Waals surface area contributed by atoms with Crippen LogP contribution in [0.25, 0.3) is 33.5 Å². The van der Waals surface area contributed by atoms with E-state index < -0.39 is 0 Å². The molecular weight excluding hydrogens is 314 g/mol. The van der Waals surface area contributed by atoms with Crippen molar-refractivity contribution in [2.24, 2.45) is 0 Å². The number of hydrogen-bond donors (Lipinski definition) is 0. The van der Waals surface area contributed by atoms with Crippen molar-refractivity contribution < 1.29 is 0 Å². The Balaban J connectivity index is 1.83. The van der Waals surface area contributed by atoms with Gasteiger partial charge in [0.15, 0.2) is 0 Å². The molecule has 0 saturated carbocycles. The molecule has 2 heterocycles. The topological polar surface area (TPSA) is 4.93 Å². The molecule has 0 atom stereocenters. The predicted octanol–water partition coefficient (Wildman–Crippen LogP) is 6.35.